The third-order valence-electron chi connectivity index (χ3n) is 2.84. The average Bonchev–Trinajstić information content (AvgIpc) is 2.42. The Hall–Kier alpha value is -1.36. The standard InChI is InChI=1S/C14H26N4O/c1-5-18(6-2)8-7-15-13-9-14(17-11-16-13)19-10-12(3)4/h9,11-12H,5-8,10H2,1-4H3,(H,15,16,17). The van der Waals surface area contributed by atoms with E-state index in [1.165, 1.54) is 6.33 Å². The monoisotopic (exact) mass is 266 g/mol. The van der Waals surface area contributed by atoms with Gasteiger partial charge in [-0.25, -0.2) is 9.97 Å². The van der Waals surface area contributed by atoms with Gasteiger partial charge in [0.15, 0.2) is 0 Å². The lowest BCUT2D eigenvalue weighted by molar-refractivity contribution is 0.261. The number of nitrogens with zero attached hydrogens (tertiary/aromatic N) is 3. The van der Waals surface area contributed by atoms with Crippen molar-refractivity contribution in [3.8, 4) is 5.88 Å². The highest BCUT2D eigenvalue weighted by molar-refractivity contribution is 5.36. The number of aromatic nitrogens is 2. The van der Waals surface area contributed by atoms with Crippen LogP contribution < -0.4 is 10.1 Å². The third-order valence-corrected chi connectivity index (χ3v) is 2.84. The van der Waals surface area contributed by atoms with Crippen molar-refractivity contribution in [1.82, 2.24) is 14.9 Å². The molecule has 0 bridgehead atoms. The van der Waals surface area contributed by atoms with Crippen molar-refractivity contribution in [1.29, 1.82) is 0 Å². The second-order valence-electron chi connectivity index (χ2n) is 4.90. The summed E-state index contributed by atoms with van der Waals surface area (Å²) in [5.41, 5.74) is 0. The molecule has 0 aliphatic rings. The van der Waals surface area contributed by atoms with E-state index >= 15 is 0 Å². The molecule has 0 unspecified atom stereocenters. The number of ether oxygens (including phenoxy) is 1. The van der Waals surface area contributed by atoms with Crippen LogP contribution in [-0.4, -0.2) is 47.7 Å². The summed E-state index contributed by atoms with van der Waals surface area (Å²) in [4.78, 5) is 10.7. The van der Waals surface area contributed by atoms with E-state index in [0.717, 1.165) is 32.0 Å². The smallest absolute Gasteiger partial charge is 0.218 e. The van der Waals surface area contributed by atoms with Crippen molar-refractivity contribution >= 4 is 5.82 Å². The molecule has 0 saturated carbocycles. The van der Waals surface area contributed by atoms with E-state index in [0.29, 0.717) is 18.4 Å². The summed E-state index contributed by atoms with van der Waals surface area (Å²) in [7, 11) is 0. The quantitative estimate of drug-likeness (QED) is 0.743. The minimum Gasteiger partial charge on any atom is -0.477 e. The van der Waals surface area contributed by atoms with Gasteiger partial charge in [0, 0.05) is 19.2 Å². The van der Waals surface area contributed by atoms with Crippen LogP contribution in [0.5, 0.6) is 5.88 Å². The van der Waals surface area contributed by atoms with E-state index < -0.39 is 0 Å². The first kappa shape index (κ1) is 15.7. The van der Waals surface area contributed by atoms with E-state index in [1.807, 2.05) is 6.07 Å². The molecule has 0 fully saturated rings. The molecule has 1 rings (SSSR count). The highest BCUT2D eigenvalue weighted by atomic mass is 16.5. The van der Waals surface area contributed by atoms with Gasteiger partial charge in [0.05, 0.1) is 6.61 Å². The Morgan fingerprint density at radius 1 is 1.26 bits per heavy atom. The molecule has 1 aromatic rings. The lowest BCUT2D eigenvalue weighted by Crippen LogP contribution is -2.28. The van der Waals surface area contributed by atoms with Crippen LogP contribution in [0.4, 0.5) is 5.82 Å². The summed E-state index contributed by atoms with van der Waals surface area (Å²) in [5, 5.41) is 3.30. The van der Waals surface area contributed by atoms with Crippen LogP contribution in [-0.2, 0) is 0 Å². The molecule has 108 valence electrons. The molecule has 0 amide bonds. The Kier molecular flexibility index (Phi) is 7.18. The minimum absolute atomic E-state index is 0.494. The fourth-order valence-electron chi connectivity index (χ4n) is 1.65. The molecule has 0 radical (unpaired) electrons. The SMILES string of the molecule is CCN(CC)CCNc1cc(OCC(C)C)ncn1. The molecule has 19 heavy (non-hydrogen) atoms. The van der Waals surface area contributed by atoms with Gasteiger partial charge < -0.3 is 15.0 Å². The Morgan fingerprint density at radius 2 is 2.00 bits per heavy atom. The summed E-state index contributed by atoms with van der Waals surface area (Å²) in [5.74, 6) is 1.95. The Balaban J connectivity index is 2.39. The summed E-state index contributed by atoms with van der Waals surface area (Å²) in [6.45, 7) is 13.3. The van der Waals surface area contributed by atoms with Crippen molar-refractivity contribution in [2.24, 2.45) is 5.92 Å². The summed E-state index contributed by atoms with van der Waals surface area (Å²) in [6.07, 6.45) is 1.54. The largest absolute Gasteiger partial charge is 0.477 e. The van der Waals surface area contributed by atoms with Gasteiger partial charge in [0.25, 0.3) is 0 Å². The molecule has 1 N–H and O–H groups in total. The average molecular weight is 266 g/mol. The normalized spacial score (nSPS) is 11.1. The summed E-state index contributed by atoms with van der Waals surface area (Å²) < 4.78 is 5.58. The number of likely N-dealkylation sites (N-methyl/N-ethyl adjacent to an activating group) is 1. The van der Waals surface area contributed by atoms with Gasteiger partial charge in [0.1, 0.15) is 12.1 Å². The first-order chi connectivity index (χ1) is 9.15. The van der Waals surface area contributed by atoms with Gasteiger partial charge in [0.2, 0.25) is 5.88 Å². The maximum Gasteiger partial charge on any atom is 0.218 e. The molecular weight excluding hydrogens is 240 g/mol. The van der Waals surface area contributed by atoms with Crippen LogP contribution in [0, 0.1) is 5.92 Å². The van der Waals surface area contributed by atoms with Crippen molar-refractivity contribution in [2.75, 3.05) is 38.1 Å². The zero-order valence-corrected chi connectivity index (χ0v) is 12.5. The topological polar surface area (TPSA) is 50.3 Å². The predicted molar refractivity (Wildman–Crippen MR) is 78.6 cm³/mol. The van der Waals surface area contributed by atoms with Gasteiger partial charge in [-0.3, -0.25) is 0 Å². The molecule has 1 aromatic heterocycles. The molecular formula is C14H26N4O. The number of hydrogen-bond donors (Lipinski definition) is 1. The summed E-state index contributed by atoms with van der Waals surface area (Å²) in [6, 6.07) is 1.85. The van der Waals surface area contributed by atoms with Gasteiger partial charge in [-0.05, 0) is 19.0 Å². The molecule has 0 atom stereocenters. The number of anilines is 1. The van der Waals surface area contributed by atoms with E-state index in [9.17, 15) is 0 Å². The van der Waals surface area contributed by atoms with Gasteiger partial charge >= 0.3 is 0 Å². The Morgan fingerprint density at radius 3 is 2.63 bits per heavy atom. The first-order valence-electron chi connectivity index (χ1n) is 7.06. The van der Waals surface area contributed by atoms with Crippen LogP contribution in [0.3, 0.4) is 0 Å². The van der Waals surface area contributed by atoms with Crippen LogP contribution >= 0.6 is 0 Å². The van der Waals surface area contributed by atoms with Crippen molar-refractivity contribution < 1.29 is 4.74 Å². The number of rotatable bonds is 9. The maximum absolute atomic E-state index is 5.58. The molecule has 0 aliphatic heterocycles. The summed E-state index contributed by atoms with van der Waals surface area (Å²) >= 11 is 0. The van der Waals surface area contributed by atoms with Crippen molar-refractivity contribution in [3.63, 3.8) is 0 Å². The second kappa shape index (κ2) is 8.69. The minimum atomic E-state index is 0.494. The molecule has 0 spiro atoms. The first-order valence-corrected chi connectivity index (χ1v) is 7.06. The molecule has 5 heteroatoms. The Labute approximate surface area is 116 Å². The lowest BCUT2D eigenvalue weighted by atomic mass is 10.2. The van der Waals surface area contributed by atoms with Gasteiger partial charge in [-0.1, -0.05) is 27.7 Å². The molecule has 5 nitrogen and oxygen atoms in total. The molecule has 1 heterocycles. The molecule has 0 saturated heterocycles. The highest BCUT2D eigenvalue weighted by Gasteiger charge is 2.02. The van der Waals surface area contributed by atoms with Crippen LogP contribution in [0.1, 0.15) is 27.7 Å². The number of nitrogens with one attached hydrogen (secondary N) is 1. The van der Waals surface area contributed by atoms with Crippen LogP contribution in [0.15, 0.2) is 12.4 Å². The zero-order chi connectivity index (χ0) is 14.1. The zero-order valence-electron chi connectivity index (χ0n) is 12.5. The fraction of sp³-hybridized carbons (Fsp3) is 0.714. The molecule has 0 aromatic carbocycles. The van der Waals surface area contributed by atoms with E-state index in [1.54, 1.807) is 0 Å². The number of hydrogen-bond acceptors (Lipinski definition) is 5. The second-order valence-corrected chi connectivity index (χ2v) is 4.90. The van der Waals surface area contributed by atoms with E-state index in [4.69, 9.17) is 4.74 Å². The van der Waals surface area contributed by atoms with Crippen LogP contribution in [0.25, 0.3) is 0 Å². The van der Waals surface area contributed by atoms with Gasteiger partial charge in [-0.15, -0.1) is 0 Å². The van der Waals surface area contributed by atoms with E-state index in [-0.39, 0.29) is 0 Å². The van der Waals surface area contributed by atoms with Gasteiger partial charge in [-0.2, -0.15) is 0 Å². The molecule has 0 aliphatic carbocycles. The highest BCUT2D eigenvalue weighted by Crippen LogP contribution is 2.11. The lowest BCUT2D eigenvalue weighted by Gasteiger charge is -2.18. The Bertz CT molecular complexity index is 353. The fourth-order valence-corrected chi connectivity index (χ4v) is 1.65. The van der Waals surface area contributed by atoms with Crippen molar-refractivity contribution in [2.45, 2.75) is 27.7 Å². The third kappa shape index (κ3) is 6.38. The van der Waals surface area contributed by atoms with E-state index in [2.05, 4.69) is 47.9 Å². The van der Waals surface area contributed by atoms with Crippen molar-refractivity contribution in [3.05, 3.63) is 12.4 Å². The predicted octanol–water partition coefficient (Wildman–Crippen LogP) is 2.27. The van der Waals surface area contributed by atoms with Crippen LogP contribution in [0.2, 0.25) is 0 Å². The maximum atomic E-state index is 5.58.